The minimum absolute atomic E-state index is 0.0317. The van der Waals surface area contributed by atoms with Crippen LogP contribution in [-0.2, 0) is 6.61 Å². The first-order chi connectivity index (χ1) is 9.51. The van der Waals surface area contributed by atoms with Crippen molar-refractivity contribution < 1.29 is 9.90 Å². The van der Waals surface area contributed by atoms with Crippen molar-refractivity contribution in [2.45, 2.75) is 6.61 Å². The van der Waals surface area contributed by atoms with E-state index in [9.17, 15) is 4.79 Å². The highest BCUT2D eigenvalue weighted by Gasteiger charge is 2.14. The van der Waals surface area contributed by atoms with Crippen molar-refractivity contribution in [1.82, 2.24) is 0 Å². The molecular weight excluding hydrogens is 412 g/mol. The van der Waals surface area contributed by atoms with Gasteiger partial charge in [0.2, 0.25) is 0 Å². The molecule has 0 radical (unpaired) electrons. The van der Waals surface area contributed by atoms with E-state index in [2.05, 4.69) is 5.32 Å². The topological polar surface area (TPSA) is 49.3 Å². The summed E-state index contributed by atoms with van der Waals surface area (Å²) in [5.74, 6) is -0.282. The first-order valence-corrected chi connectivity index (χ1v) is 7.50. The van der Waals surface area contributed by atoms with Crippen LogP contribution in [0.4, 0.5) is 5.69 Å². The van der Waals surface area contributed by atoms with E-state index in [0.717, 1.165) is 5.56 Å². The van der Waals surface area contributed by atoms with Crippen LogP contribution in [0.5, 0.6) is 0 Å². The lowest BCUT2D eigenvalue weighted by molar-refractivity contribution is 0.102. The largest absolute Gasteiger partial charge is 0.392 e. The molecule has 0 saturated heterocycles. The number of halogens is 3. The van der Waals surface area contributed by atoms with Crippen molar-refractivity contribution in [2.75, 3.05) is 5.32 Å². The zero-order valence-electron chi connectivity index (χ0n) is 10.2. The monoisotopic (exact) mass is 421 g/mol. The summed E-state index contributed by atoms with van der Waals surface area (Å²) >= 11 is 13.9. The van der Waals surface area contributed by atoms with Gasteiger partial charge in [0.1, 0.15) is 0 Å². The van der Waals surface area contributed by atoms with E-state index in [-0.39, 0.29) is 12.5 Å². The number of nitrogens with one attached hydrogen (secondary N) is 1. The van der Waals surface area contributed by atoms with Crippen molar-refractivity contribution in [3.05, 3.63) is 61.1 Å². The second-order valence-corrected chi connectivity index (χ2v) is 5.98. The molecule has 6 heteroatoms. The number of anilines is 1. The average Bonchev–Trinajstić information content (AvgIpc) is 2.43. The van der Waals surface area contributed by atoms with Gasteiger partial charge in [-0.25, -0.2) is 0 Å². The van der Waals surface area contributed by atoms with Crippen molar-refractivity contribution in [3.63, 3.8) is 0 Å². The molecule has 0 unspecified atom stereocenters. The van der Waals surface area contributed by atoms with Crippen LogP contribution in [0.25, 0.3) is 0 Å². The van der Waals surface area contributed by atoms with Crippen LogP contribution >= 0.6 is 45.8 Å². The normalized spacial score (nSPS) is 10.4. The zero-order chi connectivity index (χ0) is 14.7. The number of hydrogen-bond acceptors (Lipinski definition) is 2. The first-order valence-electron chi connectivity index (χ1n) is 5.67. The van der Waals surface area contributed by atoms with Crippen LogP contribution < -0.4 is 5.32 Å². The molecule has 2 rings (SSSR count). The Morgan fingerprint density at radius 3 is 2.45 bits per heavy atom. The Bertz CT molecular complexity index is 644. The molecule has 20 heavy (non-hydrogen) atoms. The summed E-state index contributed by atoms with van der Waals surface area (Å²) in [5, 5.41) is 12.6. The maximum absolute atomic E-state index is 12.2. The van der Waals surface area contributed by atoms with Gasteiger partial charge in [-0.05, 0) is 52.4 Å². The molecule has 0 aliphatic carbocycles. The van der Waals surface area contributed by atoms with Crippen molar-refractivity contribution in [2.24, 2.45) is 0 Å². The number of aliphatic hydroxyl groups is 1. The molecule has 0 aliphatic heterocycles. The van der Waals surface area contributed by atoms with E-state index in [1.54, 1.807) is 36.4 Å². The standard InChI is InChI=1S/C14H10Cl2INO2/c15-9-5-11(13(17)12(16)6-9)14(20)18-10-3-1-8(7-19)2-4-10/h1-6,19H,7H2,(H,18,20). The maximum atomic E-state index is 12.2. The lowest BCUT2D eigenvalue weighted by Gasteiger charge is -2.09. The van der Waals surface area contributed by atoms with Gasteiger partial charge < -0.3 is 10.4 Å². The van der Waals surface area contributed by atoms with Gasteiger partial charge in [-0.3, -0.25) is 4.79 Å². The van der Waals surface area contributed by atoms with E-state index >= 15 is 0 Å². The predicted octanol–water partition coefficient (Wildman–Crippen LogP) is 4.34. The number of aliphatic hydroxyl groups excluding tert-OH is 1. The Kier molecular flexibility index (Phi) is 5.26. The predicted molar refractivity (Wildman–Crippen MR) is 89.5 cm³/mol. The van der Waals surface area contributed by atoms with Gasteiger partial charge in [-0.15, -0.1) is 0 Å². The minimum Gasteiger partial charge on any atom is -0.392 e. The number of carbonyl (C=O) groups is 1. The van der Waals surface area contributed by atoms with Crippen molar-refractivity contribution >= 4 is 57.4 Å². The molecule has 0 fully saturated rings. The fourth-order valence-corrected chi connectivity index (χ4v) is 2.66. The third-order valence-electron chi connectivity index (χ3n) is 2.63. The number of hydrogen-bond donors (Lipinski definition) is 2. The zero-order valence-corrected chi connectivity index (χ0v) is 13.8. The van der Waals surface area contributed by atoms with Crippen molar-refractivity contribution in [3.8, 4) is 0 Å². The molecule has 0 bridgehead atoms. The van der Waals surface area contributed by atoms with Crippen LogP contribution in [0.1, 0.15) is 15.9 Å². The molecule has 0 spiro atoms. The molecule has 3 nitrogen and oxygen atoms in total. The first kappa shape index (κ1) is 15.6. The Hall–Kier alpha value is -0.820. The van der Waals surface area contributed by atoms with Gasteiger partial charge in [0.25, 0.3) is 5.91 Å². The smallest absolute Gasteiger partial charge is 0.256 e. The summed E-state index contributed by atoms with van der Waals surface area (Å²) < 4.78 is 0.651. The van der Waals surface area contributed by atoms with E-state index in [4.69, 9.17) is 28.3 Å². The minimum atomic E-state index is -0.282. The van der Waals surface area contributed by atoms with Gasteiger partial charge in [-0.2, -0.15) is 0 Å². The van der Waals surface area contributed by atoms with Crippen molar-refractivity contribution in [1.29, 1.82) is 0 Å². The van der Waals surface area contributed by atoms with E-state index in [1.165, 1.54) is 0 Å². The quantitative estimate of drug-likeness (QED) is 0.572. The van der Waals surface area contributed by atoms with Crippen LogP contribution in [0.3, 0.4) is 0 Å². The molecule has 0 heterocycles. The third-order valence-corrected chi connectivity index (χ3v) is 4.63. The molecule has 104 valence electrons. The fourth-order valence-electron chi connectivity index (χ4n) is 1.61. The molecule has 1 amide bonds. The Labute approximate surface area is 140 Å². The number of carbonyl (C=O) groups excluding carboxylic acids is 1. The van der Waals surface area contributed by atoms with E-state index in [1.807, 2.05) is 22.6 Å². The molecular formula is C14H10Cl2INO2. The van der Waals surface area contributed by atoms with Crippen LogP contribution in [0.15, 0.2) is 36.4 Å². The molecule has 2 aromatic carbocycles. The van der Waals surface area contributed by atoms with E-state index in [0.29, 0.717) is 24.9 Å². The summed E-state index contributed by atoms with van der Waals surface area (Å²) in [6.45, 7) is -0.0317. The van der Waals surface area contributed by atoms with Gasteiger partial charge >= 0.3 is 0 Å². The summed E-state index contributed by atoms with van der Waals surface area (Å²) in [4.78, 5) is 12.2. The van der Waals surface area contributed by atoms with Crippen LogP contribution in [0.2, 0.25) is 10.0 Å². The molecule has 2 N–H and O–H groups in total. The number of amides is 1. The van der Waals surface area contributed by atoms with E-state index < -0.39 is 0 Å². The summed E-state index contributed by atoms with van der Waals surface area (Å²) in [7, 11) is 0. The van der Waals surface area contributed by atoms with Crippen LogP contribution in [0, 0.1) is 3.57 Å². The Morgan fingerprint density at radius 1 is 1.20 bits per heavy atom. The highest BCUT2D eigenvalue weighted by atomic mass is 127. The lowest BCUT2D eigenvalue weighted by Crippen LogP contribution is -2.13. The fraction of sp³-hybridized carbons (Fsp3) is 0.0714. The maximum Gasteiger partial charge on any atom is 0.256 e. The molecule has 0 aromatic heterocycles. The second-order valence-electron chi connectivity index (χ2n) is 4.06. The number of rotatable bonds is 3. The summed E-state index contributed by atoms with van der Waals surface area (Å²) in [6.07, 6.45) is 0. The average molecular weight is 422 g/mol. The summed E-state index contributed by atoms with van der Waals surface area (Å²) in [5.41, 5.74) is 1.84. The molecule has 0 saturated carbocycles. The molecule has 0 atom stereocenters. The van der Waals surface area contributed by atoms with Gasteiger partial charge in [0.05, 0.1) is 17.2 Å². The third kappa shape index (κ3) is 3.63. The molecule has 2 aromatic rings. The highest BCUT2D eigenvalue weighted by molar-refractivity contribution is 14.1. The van der Waals surface area contributed by atoms with Gasteiger partial charge in [0.15, 0.2) is 0 Å². The molecule has 0 aliphatic rings. The Balaban J connectivity index is 2.23. The second kappa shape index (κ2) is 6.76. The van der Waals surface area contributed by atoms with Gasteiger partial charge in [0, 0.05) is 14.3 Å². The van der Waals surface area contributed by atoms with Crippen LogP contribution in [-0.4, -0.2) is 11.0 Å². The lowest BCUT2D eigenvalue weighted by atomic mass is 10.2. The highest BCUT2D eigenvalue weighted by Crippen LogP contribution is 2.27. The Morgan fingerprint density at radius 2 is 1.85 bits per heavy atom. The van der Waals surface area contributed by atoms with Gasteiger partial charge in [-0.1, -0.05) is 35.3 Å². The number of benzene rings is 2. The summed E-state index contributed by atoms with van der Waals surface area (Å²) in [6, 6.07) is 10.1. The SMILES string of the molecule is O=C(Nc1ccc(CO)cc1)c1cc(Cl)cc(Cl)c1I.